The van der Waals surface area contributed by atoms with Gasteiger partial charge in [0.1, 0.15) is 0 Å². The maximum atomic E-state index is 13.0. The molecule has 5 heteroatoms. The third-order valence-corrected chi connectivity index (χ3v) is 5.53. The smallest absolute Gasteiger partial charge is 0.265 e. The maximum absolute atomic E-state index is 13.0. The largest absolute Gasteiger partial charge is 0.399 e. The highest BCUT2D eigenvalue weighted by Crippen LogP contribution is 2.39. The Kier molecular flexibility index (Phi) is 5.13. The number of hydrogen-bond donors (Lipinski definition) is 2. The molecule has 0 bridgehead atoms. The molecule has 1 saturated carbocycles. The predicted octanol–water partition coefficient (Wildman–Crippen LogP) is 4.68. The number of nitrogens with two attached hydrogens (primary N) is 1. The molecule has 1 aromatic carbocycles. The van der Waals surface area contributed by atoms with E-state index in [0.29, 0.717) is 11.4 Å². The fraction of sp³-hybridized carbons (Fsp3) is 0.600. The number of nitrogen functional groups attached to an aromatic ring is 1. The van der Waals surface area contributed by atoms with Crippen molar-refractivity contribution in [3.63, 3.8) is 0 Å². The number of alkyl halides is 2. The maximum Gasteiger partial charge on any atom is 0.265 e. The van der Waals surface area contributed by atoms with Gasteiger partial charge in [0.2, 0.25) is 0 Å². The summed E-state index contributed by atoms with van der Waals surface area (Å²) >= 11 is 1.86. The van der Waals surface area contributed by atoms with Crippen molar-refractivity contribution in [1.29, 1.82) is 0 Å². The lowest BCUT2D eigenvalue weighted by atomic mass is 9.88. The van der Waals surface area contributed by atoms with Crippen LogP contribution >= 0.6 is 11.8 Å². The second-order valence-corrected chi connectivity index (χ2v) is 6.72. The Morgan fingerprint density at radius 2 is 2.00 bits per heavy atom. The zero-order valence-electron chi connectivity index (χ0n) is 11.8. The van der Waals surface area contributed by atoms with E-state index >= 15 is 0 Å². The van der Waals surface area contributed by atoms with Gasteiger partial charge in [-0.1, -0.05) is 19.3 Å². The summed E-state index contributed by atoms with van der Waals surface area (Å²) in [5.74, 6) is 0. The zero-order chi connectivity index (χ0) is 14.6. The first-order valence-electron chi connectivity index (χ1n) is 7.03. The molecule has 1 aliphatic carbocycles. The number of halogens is 2. The van der Waals surface area contributed by atoms with Crippen LogP contribution in [0.4, 0.5) is 20.2 Å². The lowest BCUT2D eigenvalue weighted by molar-refractivity contribution is 0.152. The highest BCUT2D eigenvalue weighted by atomic mass is 32.2. The van der Waals surface area contributed by atoms with Gasteiger partial charge in [-0.25, -0.2) is 8.78 Å². The normalized spacial score (nSPS) is 18.2. The Bertz CT molecular complexity index is 445. The molecule has 112 valence electrons. The van der Waals surface area contributed by atoms with Crippen LogP contribution < -0.4 is 11.1 Å². The first kappa shape index (κ1) is 15.4. The van der Waals surface area contributed by atoms with E-state index in [0.717, 1.165) is 19.4 Å². The van der Waals surface area contributed by atoms with Gasteiger partial charge in [-0.15, -0.1) is 0 Å². The first-order valence-corrected chi connectivity index (χ1v) is 8.25. The third kappa shape index (κ3) is 3.57. The molecular formula is C15H22F2N2S. The minimum Gasteiger partial charge on any atom is -0.399 e. The minimum atomic E-state index is -2.50. The van der Waals surface area contributed by atoms with Crippen molar-refractivity contribution in [3.05, 3.63) is 23.8 Å². The van der Waals surface area contributed by atoms with Gasteiger partial charge >= 0.3 is 0 Å². The second-order valence-electron chi connectivity index (χ2n) is 5.45. The highest BCUT2D eigenvalue weighted by Gasteiger charge is 2.31. The van der Waals surface area contributed by atoms with Crippen molar-refractivity contribution in [2.24, 2.45) is 0 Å². The molecule has 0 amide bonds. The van der Waals surface area contributed by atoms with Crippen LogP contribution in [0.5, 0.6) is 0 Å². The van der Waals surface area contributed by atoms with E-state index < -0.39 is 6.43 Å². The number of anilines is 2. The van der Waals surface area contributed by atoms with Crippen LogP contribution in [0.15, 0.2) is 18.2 Å². The van der Waals surface area contributed by atoms with E-state index in [1.165, 1.54) is 25.3 Å². The van der Waals surface area contributed by atoms with Gasteiger partial charge in [-0.05, 0) is 37.3 Å². The van der Waals surface area contributed by atoms with Gasteiger partial charge < -0.3 is 11.1 Å². The molecule has 2 nitrogen and oxygen atoms in total. The van der Waals surface area contributed by atoms with Crippen molar-refractivity contribution in [1.82, 2.24) is 0 Å². The molecular weight excluding hydrogens is 278 g/mol. The summed E-state index contributed by atoms with van der Waals surface area (Å²) in [6.45, 7) is 0.734. The average Bonchev–Trinajstić information content (AvgIpc) is 2.47. The Hall–Kier alpha value is -0.970. The molecule has 2 rings (SSSR count). The molecule has 0 atom stereocenters. The van der Waals surface area contributed by atoms with Crippen LogP contribution in [-0.2, 0) is 0 Å². The number of nitrogens with one attached hydrogen (secondary N) is 1. The minimum absolute atomic E-state index is 0.00272. The van der Waals surface area contributed by atoms with Crippen molar-refractivity contribution < 1.29 is 8.78 Å². The zero-order valence-corrected chi connectivity index (χ0v) is 12.6. The molecule has 1 aliphatic rings. The SMILES string of the molecule is CSC1(CNc2ccc(N)cc2C(F)F)CCCCC1. The van der Waals surface area contributed by atoms with Gasteiger partial charge in [-0.2, -0.15) is 11.8 Å². The lowest BCUT2D eigenvalue weighted by Crippen LogP contribution is -2.35. The van der Waals surface area contributed by atoms with Crippen LogP contribution in [0.25, 0.3) is 0 Å². The van der Waals surface area contributed by atoms with Crippen molar-refractivity contribution in [3.8, 4) is 0 Å². The monoisotopic (exact) mass is 300 g/mol. The summed E-state index contributed by atoms with van der Waals surface area (Å²) in [6.07, 6.45) is 5.66. The summed E-state index contributed by atoms with van der Waals surface area (Å²) in [5, 5.41) is 3.23. The van der Waals surface area contributed by atoms with Gasteiger partial charge in [-0.3, -0.25) is 0 Å². The van der Waals surface area contributed by atoms with E-state index in [1.807, 2.05) is 11.8 Å². The molecule has 0 aliphatic heterocycles. The summed E-state index contributed by atoms with van der Waals surface area (Å²) in [7, 11) is 0. The summed E-state index contributed by atoms with van der Waals surface area (Å²) in [4.78, 5) is 0. The van der Waals surface area contributed by atoms with Gasteiger partial charge in [0.05, 0.1) is 0 Å². The van der Waals surface area contributed by atoms with Crippen molar-refractivity contribution in [2.45, 2.75) is 43.3 Å². The van der Waals surface area contributed by atoms with Crippen LogP contribution in [0.1, 0.15) is 44.1 Å². The van der Waals surface area contributed by atoms with Crippen molar-refractivity contribution >= 4 is 23.1 Å². The average molecular weight is 300 g/mol. The van der Waals surface area contributed by atoms with E-state index in [2.05, 4.69) is 11.6 Å². The molecule has 3 N–H and O–H groups in total. The fourth-order valence-electron chi connectivity index (χ4n) is 2.83. The number of hydrogen-bond acceptors (Lipinski definition) is 3. The molecule has 1 aromatic rings. The van der Waals surface area contributed by atoms with Crippen molar-refractivity contribution in [2.75, 3.05) is 23.9 Å². The number of benzene rings is 1. The molecule has 0 heterocycles. The van der Waals surface area contributed by atoms with Gasteiger partial charge in [0.15, 0.2) is 0 Å². The molecule has 0 spiro atoms. The molecule has 0 aromatic heterocycles. The Morgan fingerprint density at radius 1 is 1.30 bits per heavy atom. The molecule has 1 fully saturated rings. The molecule has 0 saturated heterocycles. The quantitative estimate of drug-likeness (QED) is 0.775. The molecule has 0 radical (unpaired) electrons. The van der Waals surface area contributed by atoms with E-state index in [-0.39, 0.29) is 10.3 Å². The Balaban J connectivity index is 2.09. The Morgan fingerprint density at radius 3 is 2.60 bits per heavy atom. The van der Waals surface area contributed by atoms with Crippen LogP contribution in [0.3, 0.4) is 0 Å². The lowest BCUT2D eigenvalue weighted by Gasteiger charge is -2.36. The third-order valence-electron chi connectivity index (χ3n) is 4.11. The second kappa shape index (κ2) is 6.66. The number of thioether (sulfide) groups is 1. The number of rotatable bonds is 5. The van der Waals surface area contributed by atoms with E-state index in [9.17, 15) is 8.78 Å². The molecule has 0 unspecified atom stereocenters. The predicted molar refractivity (Wildman–Crippen MR) is 83.6 cm³/mol. The van der Waals surface area contributed by atoms with Crippen LogP contribution in [-0.4, -0.2) is 17.5 Å². The van der Waals surface area contributed by atoms with Gasteiger partial charge in [0, 0.05) is 28.2 Å². The Labute approximate surface area is 123 Å². The van der Waals surface area contributed by atoms with E-state index in [1.54, 1.807) is 12.1 Å². The fourth-order valence-corrected chi connectivity index (χ4v) is 3.74. The van der Waals surface area contributed by atoms with Crippen LogP contribution in [0.2, 0.25) is 0 Å². The summed E-state index contributed by atoms with van der Waals surface area (Å²) < 4.78 is 26.3. The van der Waals surface area contributed by atoms with E-state index in [4.69, 9.17) is 5.73 Å². The molecule has 20 heavy (non-hydrogen) atoms. The summed E-state index contributed by atoms with van der Waals surface area (Å²) in [5.41, 5.74) is 6.47. The topological polar surface area (TPSA) is 38.0 Å². The highest BCUT2D eigenvalue weighted by molar-refractivity contribution is 8.00. The first-order chi connectivity index (χ1) is 9.56. The van der Waals surface area contributed by atoms with Crippen LogP contribution in [0, 0.1) is 0 Å². The summed E-state index contributed by atoms with van der Waals surface area (Å²) in [6, 6.07) is 4.69. The van der Waals surface area contributed by atoms with Gasteiger partial charge in [0.25, 0.3) is 6.43 Å². The standard InChI is InChI=1S/C15H22F2N2S/c1-20-15(7-3-2-4-8-15)10-19-13-6-5-11(18)9-12(13)14(16)17/h5-6,9,14,19H,2-4,7-8,10,18H2,1H3.